The number of anilines is 1. The monoisotopic (exact) mass is 408 g/mol. The maximum absolute atomic E-state index is 13.2. The number of amides is 1. The zero-order valence-corrected chi connectivity index (χ0v) is 18.0. The minimum absolute atomic E-state index is 0.0108. The fourth-order valence-electron chi connectivity index (χ4n) is 4.48. The zero-order chi connectivity index (χ0) is 20.4. The van der Waals surface area contributed by atoms with Gasteiger partial charge in [-0.15, -0.1) is 11.3 Å². The summed E-state index contributed by atoms with van der Waals surface area (Å²) in [6.45, 7) is 4.81. The Labute approximate surface area is 176 Å². The van der Waals surface area contributed by atoms with Crippen molar-refractivity contribution in [1.29, 1.82) is 0 Å². The van der Waals surface area contributed by atoms with E-state index in [4.69, 9.17) is 0 Å². The zero-order valence-electron chi connectivity index (χ0n) is 17.2. The molecule has 29 heavy (non-hydrogen) atoms. The summed E-state index contributed by atoms with van der Waals surface area (Å²) in [6.07, 6.45) is 5.36. The van der Waals surface area contributed by atoms with Crippen molar-refractivity contribution in [3.05, 3.63) is 53.0 Å². The van der Waals surface area contributed by atoms with Crippen molar-refractivity contribution in [1.82, 2.24) is 4.57 Å². The molecule has 4 nitrogen and oxygen atoms in total. The van der Waals surface area contributed by atoms with Gasteiger partial charge in [0.1, 0.15) is 6.54 Å². The van der Waals surface area contributed by atoms with E-state index in [0.29, 0.717) is 24.6 Å². The third-order valence-corrected chi connectivity index (χ3v) is 6.83. The van der Waals surface area contributed by atoms with Crippen molar-refractivity contribution in [3.63, 3.8) is 0 Å². The van der Waals surface area contributed by atoms with E-state index < -0.39 is 0 Å². The van der Waals surface area contributed by atoms with Crippen molar-refractivity contribution >= 4 is 38.9 Å². The molecule has 1 fully saturated rings. The molecule has 0 N–H and O–H groups in total. The molecule has 2 heterocycles. The Morgan fingerprint density at radius 3 is 2.69 bits per heavy atom. The van der Waals surface area contributed by atoms with Crippen molar-refractivity contribution in [2.45, 2.75) is 52.5 Å². The minimum Gasteiger partial charge on any atom is -0.328 e. The van der Waals surface area contributed by atoms with Crippen LogP contribution in [0.15, 0.2) is 41.8 Å². The number of fused-ring (bicyclic) bond motifs is 1. The molecule has 2 aromatic heterocycles. The molecule has 0 saturated heterocycles. The lowest BCUT2D eigenvalue weighted by atomic mass is 9.99. The number of ketones is 1. The van der Waals surface area contributed by atoms with Crippen LogP contribution in [0.3, 0.4) is 0 Å². The van der Waals surface area contributed by atoms with Crippen LogP contribution in [0.25, 0.3) is 10.2 Å². The highest BCUT2D eigenvalue weighted by Gasteiger charge is 2.24. The second-order valence-corrected chi connectivity index (χ2v) is 8.99. The van der Waals surface area contributed by atoms with E-state index >= 15 is 0 Å². The molecule has 5 heteroatoms. The SMILES string of the molecule is CCN(C(=O)Cn1c(C(=O)CC2CCCC2)cc2sccc21)c1cccc(C)c1. The van der Waals surface area contributed by atoms with Crippen molar-refractivity contribution in [3.8, 4) is 0 Å². The van der Waals surface area contributed by atoms with Crippen LogP contribution in [0.1, 0.15) is 55.1 Å². The Hall–Kier alpha value is -2.40. The number of likely N-dealkylation sites (N-methyl/N-ethyl adjacent to an activating group) is 1. The number of rotatable bonds is 7. The summed E-state index contributed by atoms with van der Waals surface area (Å²) >= 11 is 1.62. The number of carbonyl (C=O) groups excluding carboxylic acids is 2. The number of hydrogen-bond donors (Lipinski definition) is 0. The average Bonchev–Trinajstić information content (AvgIpc) is 3.41. The molecule has 1 aromatic carbocycles. The molecule has 152 valence electrons. The van der Waals surface area contributed by atoms with Gasteiger partial charge in [-0.2, -0.15) is 0 Å². The first-order chi connectivity index (χ1) is 14.1. The van der Waals surface area contributed by atoms with Crippen LogP contribution in [0.5, 0.6) is 0 Å². The molecule has 4 rings (SSSR count). The van der Waals surface area contributed by atoms with E-state index in [1.54, 1.807) is 16.2 Å². The summed E-state index contributed by atoms with van der Waals surface area (Å²) in [4.78, 5) is 28.1. The van der Waals surface area contributed by atoms with E-state index in [9.17, 15) is 9.59 Å². The van der Waals surface area contributed by atoms with E-state index in [1.165, 1.54) is 12.8 Å². The predicted molar refractivity (Wildman–Crippen MR) is 120 cm³/mol. The van der Waals surface area contributed by atoms with Gasteiger partial charge in [-0.1, -0.05) is 37.8 Å². The van der Waals surface area contributed by atoms with Crippen LogP contribution in [0, 0.1) is 12.8 Å². The normalized spacial score (nSPS) is 14.6. The van der Waals surface area contributed by atoms with Crippen LogP contribution in [0.2, 0.25) is 0 Å². The van der Waals surface area contributed by atoms with Crippen molar-refractivity contribution in [2.24, 2.45) is 5.92 Å². The molecule has 0 radical (unpaired) electrons. The van der Waals surface area contributed by atoms with E-state index in [2.05, 4.69) is 0 Å². The molecule has 0 atom stereocenters. The highest BCUT2D eigenvalue weighted by molar-refractivity contribution is 7.17. The molecule has 0 bridgehead atoms. The highest BCUT2D eigenvalue weighted by atomic mass is 32.1. The smallest absolute Gasteiger partial charge is 0.246 e. The summed E-state index contributed by atoms with van der Waals surface area (Å²) in [7, 11) is 0. The third kappa shape index (κ3) is 4.15. The minimum atomic E-state index is 0.0108. The maximum Gasteiger partial charge on any atom is 0.246 e. The number of thiophene rings is 1. The molecule has 1 amide bonds. The van der Waals surface area contributed by atoms with E-state index in [-0.39, 0.29) is 18.2 Å². The van der Waals surface area contributed by atoms with E-state index in [1.807, 2.05) is 60.2 Å². The Balaban J connectivity index is 1.61. The van der Waals surface area contributed by atoms with Gasteiger partial charge in [-0.05, 0) is 55.0 Å². The Morgan fingerprint density at radius 1 is 1.17 bits per heavy atom. The van der Waals surface area contributed by atoms with Gasteiger partial charge in [0.25, 0.3) is 0 Å². The van der Waals surface area contributed by atoms with Crippen LogP contribution < -0.4 is 4.90 Å². The van der Waals surface area contributed by atoms with Crippen molar-refractivity contribution < 1.29 is 9.59 Å². The average molecular weight is 409 g/mol. The number of Topliss-reactive ketones (excluding diaryl/α,β-unsaturated/α-hetero) is 1. The lowest BCUT2D eigenvalue weighted by Crippen LogP contribution is -2.34. The Morgan fingerprint density at radius 2 is 1.97 bits per heavy atom. The van der Waals surface area contributed by atoms with Crippen LogP contribution in [0.4, 0.5) is 5.69 Å². The van der Waals surface area contributed by atoms with Crippen molar-refractivity contribution in [2.75, 3.05) is 11.4 Å². The number of nitrogens with zero attached hydrogens (tertiary/aromatic N) is 2. The molecular formula is C24H28N2O2S. The fourth-order valence-corrected chi connectivity index (χ4v) is 5.30. The number of aromatic nitrogens is 1. The summed E-state index contributed by atoms with van der Waals surface area (Å²) in [5, 5.41) is 2.02. The Bertz CT molecular complexity index is 1030. The lowest BCUT2D eigenvalue weighted by Gasteiger charge is -2.22. The Kier molecular flexibility index (Phi) is 5.86. The van der Waals surface area contributed by atoms with Gasteiger partial charge in [0.15, 0.2) is 5.78 Å². The molecule has 0 aliphatic heterocycles. The molecule has 0 spiro atoms. The van der Waals surface area contributed by atoms with Gasteiger partial charge in [0.05, 0.1) is 15.9 Å². The van der Waals surface area contributed by atoms with Gasteiger partial charge < -0.3 is 9.47 Å². The fraction of sp³-hybridized carbons (Fsp3) is 0.417. The van der Waals surface area contributed by atoms with Crippen LogP contribution in [-0.4, -0.2) is 22.8 Å². The summed E-state index contributed by atoms with van der Waals surface area (Å²) in [5.74, 6) is 0.683. The largest absolute Gasteiger partial charge is 0.328 e. The van der Waals surface area contributed by atoms with Gasteiger partial charge in [0, 0.05) is 18.7 Å². The van der Waals surface area contributed by atoms with Gasteiger partial charge in [0.2, 0.25) is 5.91 Å². The molecule has 1 saturated carbocycles. The van der Waals surface area contributed by atoms with Gasteiger partial charge >= 0.3 is 0 Å². The van der Waals surface area contributed by atoms with Crippen LogP contribution >= 0.6 is 11.3 Å². The number of benzene rings is 1. The lowest BCUT2D eigenvalue weighted by molar-refractivity contribution is -0.119. The van der Waals surface area contributed by atoms with E-state index in [0.717, 1.165) is 34.3 Å². The topological polar surface area (TPSA) is 42.3 Å². The molecular weight excluding hydrogens is 380 g/mol. The molecule has 3 aromatic rings. The summed E-state index contributed by atoms with van der Waals surface area (Å²) in [5.41, 5.74) is 3.71. The van der Waals surface area contributed by atoms with Gasteiger partial charge in [-0.3, -0.25) is 9.59 Å². The predicted octanol–water partition coefficient (Wildman–Crippen LogP) is 5.83. The maximum atomic E-state index is 13.2. The first kappa shape index (κ1) is 19.9. The molecule has 1 aliphatic carbocycles. The first-order valence-electron chi connectivity index (χ1n) is 10.5. The highest BCUT2D eigenvalue weighted by Crippen LogP contribution is 2.31. The second kappa shape index (κ2) is 8.54. The summed E-state index contributed by atoms with van der Waals surface area (Å²) in [6, 6.07) is 12.0. The second-order valence-electron chi connectivity index (χ2n) is 8.04. The van der Waals surface area contributed by atoms with Crippen LogP contribution in [-0.2, 0) is 11.3 Å². The van der Waals surface area contributed by atoms with Gasteiger partial charge in [-0.25, -0.2) is 0 Å². The third-order valence-electron chi connectivity index (χ3n) is 5.98. The molecule has 1 aliphatic rings. The number of hydrogen-bond acceptors (Lipinski definition) is 3. The first-order valence-corrected chi connectivity index (χ1v) is 11.4. The standard InChI is InChI=1S/C24H28N2O2S/c1-3-25(19-10-6-7-17(2)13-19)24(28)16-26-20-11-12-29-23(20)15-21(26)22(27)14-18-8-4-5-9-18/h6-7,10-13,15,18H,3-5,8-9,14,16H2,1-2H3. The molecule has 0 unspecified atom stereocenters. The quantitative estimate of drug-likeness (QED) is 0.462. The summed E-state index contributed by atoms with van der Waals surface area (Å²) < 4.78 is 3.01. The number of aryl methyl sites for hydroxylation is 1. The number of carbonyl (C=O) groups is 2.